The summed E-state index contributed by atoms with van der Waals surface area (Å²) in [6.45, 7) is 0.527. The Bertz CT molecular complexity index is 1150. The molecule has 1 aromatic carbocycles. The highest BCUT2D eigenvalue weighted by Gasteiger charge is 2.52. The molecule has 40 heavy (non-hydrogen) atoms. The van der Waals surface area contributed by atoms with Crippen molar-refractivity contribution in [2.45, 2.75) is 62.3 Å². The van der Waals surface area contributed by atoms with Crippen LogP contribution in [0.25, 0.3) is 0 Å². The first-order valence-electron chi connectivity index (χ1n) is 12.1. The van der Waals surface area contributed by atoms with E-state index < -0.39 is 73.1 Å². The standard InChI is InChI=1S/C25H31NO14/c1-3-13-23(40-24-21(32)20(31)19(26-35)17(10-27)39-24)38-11-14(22(33)36-2)25(13,34)9-18(30)37-7-6-12-4-5-15(28)16(29)8-12/h3-5,8,11,17,19-21,23-24,27-29,31-32,34H,6-7,9-10H2,1-2H3/b13-3-/t17?,19?,20?,21?,23-,24?,25+/m0/s1. The molecule has 1 fully saturated rings. The van der Waals surface area contributed by atoms with Crippen molar-refractivity contribution in [1.29, 1.82) is 0 Å². The number of benzene rings is 1. The number of esters is 2. The van der Waals surface area contributed by atoms with Gasteiger partial charge >= 0.3 is 11.9 Å². The van der Waals surface area contributed by atoms with Gasteiger partial charge in [0.25, 0.3) is 0 Å². The molecule has 2 aliphatic heterocycles. The van der Waals surface area contributed by atoms with Crippen LogP contribution in [-0.4, -0.2) is 105 Å². The number of methoxy groups -OCH3 is 1. The summed E-state index contributed by atoms with van der Waals surface area (Å²) >= 11 is 0. The van der Waals surface area contributed by atoms with E-state index in [0.717, 1.165) is 13.4 Å². The molecule has 1 aromatic rings. The summed E-state index contributed by atoms with van der Waals surface area (Å²) in [6, 6.07) is 2.59. The van der Waals surface area contributed by atoms with E-state index in [1.54, 1.807) is 0 Å². The van der Waals surface area contributed by atoms with E-state index in [-0.39, 0.29) is 30.1 Å². The van der Waals surface area contributed by atoms with Gasteiger partial charge in [0.15, 0.2) is 17.8 Å². The van der Waals surface area contributed by atoms with Crippen molar-refractivity contribution in [3.8, 4) is 11.5 Å². The number of aromatic hydroxyl groups is 2. The molecule has 7 atom stereocenters. The summed E-state index contributed by atoms with van der Waals surface area (Å²) in [4.78, 5) is 36.3. The number of rotatable bonds is 10. The number of carbonyl (C=O) groups is 2. The lowest BCUT2D eigenvalue weighted by molar-refractivity contribution is -0.311. The lowest BCUT2D eigenvalue weighted by Gasteiger charge is -2.43. The van der Waals surface area contributed by atoms with Crippen LogP contribution in [0.15, 0.2) is 46.9 Å². The van der Waals surface area contributed by atoms with Gasteiger partial charge in [-0.3, -0.25) is 4.79 Å². The molecule has 2 heterocycles. The predicted molar refractivity (Wildman–Crippen MR) is 131 cm³/mol. The van der Waals surface area contributed by atoms with Crippen LogP contribution < -0.4 is 0 Å². The molecule has 0 amide bonds. The van der Waals surface area contributed by atoms with E-state index in [1.165, 1.54) is 31.2 Å². The second kappa shape index (κ2) is 13.2. The highest BCUT2D eigenvalue weighted by molar-refractivity contribution is 5.93. The molecular weight excluding hydrogens is 538 g/mol. The molecule has 6 N–H and O–H groups in total. The third-order valence-corrected chi connectivity index (χ3v) is 6.52. The van der Waals surface area contributed by atoms with E-state index in [1.807, 2.05) is 0 Å². The molecule has 1 saturated heterocycles. The fourth-order valence-corrected chi connectivity index (χ4v) is 4.35. The lowest BCUT2D eigenvalue weighted by atomic mass is 9.81. The first-order chi connectivity index (χ1) is 19.0. The Morgan fingerprint density at radius 2 is 1.90 bits per heavy atom. The first-order valence-corrected chi connectivity index (χ1v) is 12.1. The number of nitroso groups, excluding NO2 is 1. The number of nitrogens with zero attached hydrogens (tertiary/aromatic N) is 1. The normalized spacial score (nSPS) is 31.1. The molecule has 0 spiro atoms. The molecule has 0 bridgehead atoms. The summed E-state index contributed by atoms with van der Waals surface area (Å²) in [6.07, 6.45) is -6.73. The molecule has 15 heteroatoms. The highest BCUT2D eigenvalue weighted by atomic mass is 16.8. The molecular formula is C25H31NO14. The number of phenolic OH excluding ortho intramolecular Hbond substituents is 2. The van der Waals surface area contributed by atoms with Gasteiger partial charge in [-0.05, 0) is 24.6 Å². The minimum Gasteiger partial charge on any atom is -0.504 e. The third kappa shape index (κ3) is 6.41. The summed E-state index contributed by atoms with van der Waals surface area (Å²) in [5.41, 5.74) is -2.48. The average molecular weight is 570 g/mol. The van der Waals surface area contributed by atoms with Crippen LogP contribution >= 0.6 is 0 Å². The second-order valence-electron chi connectivity index (χ2n) is 9.00. The zero-order valence-electron chi connectivity index (χ0n) is 21.6. The van der Waals surface area contributed by atoms with Crippen molar-refractivity contribution in [2.75, 3.05) is 20.3 Å². The summed E-state index contributed by atoms with van der Waals surface area (Å²) in [7, 11) is 1.05. The number of carbonyl (C=O) groups excluding carboxylic acids is 2. The lowest BCUT2D eigenvalue weighted by Crippen LogP contribution is -2.59. The van der Waals surface area contributed by atoms with E-state index in [4.69, 9.17) is 23.7 Å². The van der Waals surface area contributed by atoms with Crippen molar-refractivity contribution in [1.82, 2.24) is 0 Å². The number of aliphatic hydroxyl groups is 4. The molecule has 2 aliphatic rings. The van der Waals surface area contributed by atoms with Crippen molar-refractivity contribution in [3.63, 3.8) is 0 Å². The van der Waals surface area contributed by atoms with Crippen LogP contribution in [-0.2, 0) is 39.7 Å². The maximum atomic E-state index is 12.8. The van der Waals surface area contributed by atoms with Crippen molar-refractivity contribution in [2.24, 2.45) is 5.18 Å². The van der Waals surface area contributed by atoms with Gasteiger partial charge in [0.2, 0.25) is 6.29 Å². The quantitative estimate of drug-likeness (QED) is 0.0882. The molecule has 3 rings (SSSR count). The Morgan fingerprint density at radius 1 is 1.18 bits per heavy atom. The number of allylic oxidation sites excluding steroid dienone is 1. The minimum atomic E-state index is -2.37. The molecule has 0 aliphatic carbocycles. The highest BCUT2D eigenvalue weighted by Crippen LogP contribution is 2.39. The monoisotopic (exact) mass is 569 g/mol. The number of aliphatic hydroxyl groups excluding tert-OH is 3. The number of hydrogen-bond donors (Lipinski definition) is 6. The van der Waals surface area contributed by atoms with Gasteiger partial charge in [0, 0.05) is 12.0 Å². The largest absolute Gasteiger partial charge is 0.504 e. The van der Waals surface area contributed by atoms with Gasteiger partial charge in [-0.25, -0.2) is 4.79 Å². The Hall–Kier alpha value is -3.60. The summed E-state index contributed by atoms with van der Waals surface area (Å²) < 4.78 is 26.3. The first kappa shape index (κ1) is 30.9. The van der Waals surface area contributed by atoms with Gasteiger partial charge in [-0.1, -0.05) is 17.3 Å². The Kier molecular flexibility index (Phi) is 10.2. The van der Waals surface area contributed by atoms with Crippen molar-refractivity contribution >= 4 is 11.9 Å². The van der Waals surface area contributed by atoms with Crippen LogP contribution in [0.1, 0.15) is 18.9 Å². The van der Waals surface area contributed by atoms with Gasteiger partial charge in [0.05, 0.1) is 26.7 Å². The average Bonchev–Trinajstić information content (AvgIpc) is 2.92. The Labute approximate surface area is 227 Å². The number of hydrogen-bond acceptors (Lipinski definition) is 15. The van der Waals surface area contributed by atoms with Gasteiger partial charge in [0.1, 0.15) is 41.8 Å². The SMILES string of the molecule is C/C=C1/[C@H](OC2OC(CO)C(N=O)C(O)C2O)OC=C(C(=O)OC)[C@@]1(O)CC(=O)OCCc1ccc(O)c(O)c1. The molecule has 15 nitrogen and oxygen atoms in total. The third-order valence-electron chi connectivity index (χ3n) is 6.52. The Balaban J connectivity index is 1.78. The van der Waals surface area contributed by atoms with Crippen molar-refractivity contribution in [3.05, 3.63) is 52.2 Å². The zero-order valence-corrected chi connectivity index (χ0v) is 21.6. The maximum Gasteiger partial charge on any atom is 0.340 e. The van der Waals surface area contributed by atoms with E-state index in [2.05, 4.69) is 5.18 Å². The fraction of sp³-hybridized carbons (Fsp3) is 0.520. The summed E-state index contributed by atoms with van der Waals surface area (Å²) in [5.74, 6) is -2.63. The Morgan fingerprint density at radius 3 is 2.50 bits per heavy atom. The number of phenols is 2. The van der Waals surface area contributed by atoms with Gasteiger partial charge < -0.3 is 54.3 Å². The van der Waals surface area contributed by atoms with Crippen molar-refractivity contribution < 1.29 is 63.9 Å². The molecule has 0 aromatic heterocycles. The molecule has 0 saturated carbocycles. The van der Waals surface area contributed by atoms with Crippen LogP contribution in [0.4, 0.5) is 0 Å². The topological polar surface area (TPSA) is 231 Å². The predicted octanol–water partition coefficient (Wildman–Crippen LogP) is -0.745. The van der Waals surface area contributed by atoms with E-state index >= 15 is 0 Å². The van der Waals surface area contributed by atoms with Crippen LogP contribution in [0.3, 0.4) is 0 Å². The molecule has 0 radical (unpaired) electrons. The second-order valence-corrected chi connectivity index (χ2v) is 9.00. The minimum absolute atomic E-state index is 0.158. The maximum absolute atomic E-state index is 12.8. The fourth-order valence-electron chi connectivity index (χ4n) is 4.35. The van der Waals surface area contributed by atoms with Crippen LogP contribution in [0.2, 0.25) is 0 Å². The zero-order chi connectivity index (χ0) is 29.6. The summed E-state index contributed by atoms with van der Waals surface area (Å²) in [5, 5.41) is 63.5. The van der Waals surface area contributed by atoms with Crippen LogP contribution in [0, 0.1) is 4.91 Å². The van der Waals surface area contributed by atoms with E-state index in [9.17, 15) is 45.1 Å². The molecule has 5 unspecified atom stereocenters. The molecule has 220 valence electrons. The number of ether oxygens (including phenoxy) is 5. The smallest absolute Gasteiger partial charge is 0.340 e. The van der Waals surface area contributed by atoms with Gasteiger partial charge in [-0.2, -0.15) is 4.91 Å². The van der Waals surface area contributed by atoms with E-state index in [0.29, 0.717) is 5.56 Å². The van der Waals surface area contributed by atoms with Crippen LogP contribution in [0.5, 0.6) is 11.5 Å². The van der Waals surface area contributed by atoms with Gasteiger partial charge in [-0.15, -0.1) is 0 Å².